The number of carbonyl (C=O) groups excluding carboxylic acids is 1. The molecule has 0 atom stereocenters. The van der Waals surface area contributed by atoms with Crippen molar-refractivity contribution in [3.8, 4) is 11.3 Å². The smallest absolute Gasteiger partial charge is 0.253 e. The number of aromatic nitrogens is 1. The number of carbonyl (C=O) groups is 1. The normalized spacial score (nSPS) is 10.1. The number of anilines is 1. The maximum absolute atomic E-state index is 11.0. The van der Waals surface area contributed by atoms with E-state index in [0.717, 1.165) is 11.3 Å². The van der Waals surface area contributed by atoms with Crippen molar-refractivity contribution in [2.75, 3.05) is 11.3 Å². The van der Waals surface area contributed by atoms with Crippen LogP contribution in [0.3, 0.4) is 0 Å². The van der Waals surface area contributed by atoms with E-state index in [4.69, 9.17) is 11.6 Å². The van der Waals surface area contributed by atoms with Crippen LogP contribution in [0.25, 0.3) is 11.3 Å². The summed E-state index contributed by atoms with van der Waals surface area (Å²) in [6, 6.07) is 8.12. The van der Waals surface area contributed by atoms with Crippen LogP contribution >= 0.6 is 22.9 Å². The van der Waals surface area contributed by atoms with Crippen LogP contribution in [0.1, 0.15) is 5.56 Å². The number of hydrogen-bond donors (Lipinski definition) is 2. The van der Waals surface area contributed by atoms with Crippen molar-refractivity contribution < 1.29 is 4.79 Å². The number of benzene rings is 1. The molecule has 6 heteroatoms. The Morgan fingerprint density at radius 3 is 2.78 bits per heavy atom. The average Bonchev–Trinajstić information content (AvgIpc) is 2.85. The van der Waals surface area contributed by atoms with Gasteiger partial charge in [-0.3, -0.25) is 15.6 Å². The molecule has 2 rings (SSSR count). The number of hydrogen-bond acceptors (Lipinski definition) is 4. The number of thiazole rings is 1. The Bertz CT molecular complexity index is 539. The molecule has 0 saturated carbocycles. The third kappa shape index (κ3) is 3.21. The zero-order valence-corrected chi connectivity index (χ0v) is 11.3. The highest BCUT2D eigenvalue weighted by molar-refractivity contribution is 7.14. The van der Waals surface area contributed by atoms with Crippen molar-refractivity contribution in [2.45, 2.75) is 6.92 Å². The number of halogens is 1. The Morgan fingerprint density at radius 2 is 2.11 bits per heavy atom. The van der Waals surface area contributed by atoms with E-state index in [1.54, 1.807) is 0 Å². The topological polar surface area (TPSA) is 54.0 Å². The van der Waals surface area contributed by atoms with Crippen LogP contribution in [0, 0.1) is 6.92 Å². The minimum atomic E-state index is -0.288. The van der Waals surface area contributed by atoms with Gasteiger partial charge in [-0.1, -0.05) is 29.8 Å². The fourth-order valence-electron chi connectivity index (χ4n) is 1.34. The van der Waals surface area contributed by atoms with E-state index in [9.17, 15) is 4.79 Å². The lowest BCUT2D eigenvalue weighted by Gasteiger charge is -2.02. The number of nitrogens with zero attached hydrogens (tertiary/aromatic N) is 1. The first-order valence-electron chi connectivity index (χ1n) is 5.32. The van der Waals surface area contributed by atoms with Gasteiger partial charge in [-0.05, 0) is 6.92 Å². The van der Waals surface area contributed by atoms with Gasteiger partial charge in [-0.25, -0.2) is 4.98 Å². The lowest BCUT2D eigenvalue weighted by atomic mass is 10.1. The van der Waals surface area contributed by atoms with Gasteiger partial charge in [0, 0.05) is 10.9 Å². The third-order valence-corrected chi connectivity index (χ3v) is 3.28. The first kappa shape index (κ1) is 12.9. The molecule has 0 saturated heterocycles. The molecule has 2 N–H and O–H groups in total. The Labute approximate surface area is 114 Å². The largest absolute Gasteiger partial charge is 0.273 e. The van der Waals surface area contributed by atoms with Gasteiger partial charge in [0.15, 0.2) is 0 Å². The maximum atomic E-state index is 11.0. The van der Waals surface area contributed by atoms with Crippen LogP contribution in [0.4, 0.5) is 5.13 Å². The molecule has 18 heavy (non-hydrogen) atoms. The molecule has 0 aliphatic rings. The molecule has 0 aliphatic heterocycles. The predicted octanol–water partition coefficient (Wildman–Crippen LogP) is 2.80. The van der Waals surface area contributed by atoms with Crippen molar-refractivity contribution in [3.63, 3.8) is 0 Å². The summed E-state index contributed by atoms with van der Waals surface area (Å²) in [6.07, 6.45) is 0. The summed E-state index contributed by atoms with van der Waals surface area (Å²) < 4.78 is 0. The Kier molecular flexibility index (Phi) is 4.17. The van der Waals surface area contributed by atoms with E-state index in [0.29, 0.717) is 5.13 Å². The van der Waals surface area contributed by atoms with Crippen LogP contribution in [0.2, 0.25) is 0 Å². The van der Waals surface area contributed by atoms with Crippen LogP contribution < -0.4 is 10.9 Å². The number of aryl methyl sites for hydroxylation is 1. The lowest BCUT2D eigenvalue weighted by Crippen LogP contribution is -2.30. The van der Waals surface area contributed by atoms with Crippen molar-refractivity contribution in [1.82, 2.24) is 10.4 Å². The first-order valence-corrected chi connectivity index (χ1v) is 6.74. The number of rotatable bonds is 4. The second-order valence-electron chi connectivity index (χ2n) is 3.71. The van der Waals surface area contributed by atoms with Gasteiger partial charge in [0.05, 0.1) is 5.69 Å². The van der Waals surface area contributed by atoms with E-state index < -0.39 is 0 Å². The van der Waals surface area contributed by atoms with E-state index in [1.807, 2.05) is 36.6 Å². The second kappa shape index (κ2) is 5.84. The van der Waals surface area contributed by atoms with E-state index in [-0.39, 0.29) is 11.8 Å². The van der Waals surface area contributed by atoms with Gasteiger partial charge in [-0.2, -0.15) is 0 Å². The van der Waals surface area contributed by atoms with E-state index in [2.05, 4.69) is 15.8 Å². The van der Waals surface area contributed by atoms with Crippen LogP contribution in [-0.4, -0.2) is 16.8 Å². The predicted molar refractivity (Wildman–Crippen MR) is 74.8 cm³/mol. The minimum absolute atomic E-state index is 0.0802. The SMILES string of the molecule is Cc1ccc(-c2csc(NNC(=O)CCl)n2)cc1. The number of hydrazine groups is 1. The molecule has 1 aromatic carbocycles. The molecule has 0 radical (unpaired) electrons. The summed E-state index contributed by atoms with van der Waals surface area (Å²) in [7, 11) is 0. The molecular weight excluding hydrogens is 270 g/mol. The summed E-state index contributed by atoms with van der Waals surface area (Å²) in [5.74, 6) is -0.368. The molecule has 0 aliphatic carbocycles. The van der Waals surface area contributed by atoms with Gasteiger partial charge in [0.1, 0.15) is 5.88 Å². The van der Waals surface area contributed by atoms with Crippen molar-refractivity contribution in [2.24, 2.45) is 0 Å². The minimum Gasteiger partial charge on any atom is -0.273 e. The monoisotopic (exact) mass is 281 g/mol. The Hall–Kier alpha value is -1.59. The zero-order valence-electron chi connectivity index (χ0n) is 9.74. The molecule has 0 bridgehead atoms. The second-order valence-corrected chi connectivity index (χ2v) is 4.84. The average molecular weight is 282 g/mol. The molecule has 0 spiro atoms. The Balaban J connectivity index is 2.06. The molecule has 1 aromatic heterocycles. The van der Waals surface area contributed by atoms with Gasteiger partial charge in [0.25, 0.3) is 5.91 Å². The molecular formula is C12H12ClN3OS. The highest BCUT2D eigenvalue weighted by atomic mass is 35.5. The molecule has 1 amide bonds. The van der Waals surface area contributed by atoms with Crippen molar-refractivity contribution in [1.29, 1.82) is 0 Å². The third-order valence-electron chi connectivity index (χ3n) is 2.28. The highest BCUT2D eigenvalue weighted by Crippen LogP contribution is 2.24. The fraction of sp³-hybridized carbons (Fsp3) is 0.167. The molecule has 0 fully saturated rings. The van der Waals surface area contributed by atoms with Crippen LogP contribution in [-0.2, 0) is 4.79 Å². The van der Waals surface area contributed by atoms with Gasteiger partial charge in [-0.15, -0.1) is 22.9 Å². The Morgan fingerprint density at radius 1 is 1.39 bits per heavy atom. The van der Waals surface area contributed by atoms with Crippen molar-refractivity contribution >= 4 is 34.0 Å². The highest BCUT2D eigenvalue weighted by Gasteiger charge is 2.05. The standard InChI is InChI=1S/C12H12ClN3OS/c1-8-2-4-9(5-3-8)10-7-18-12(14-10)16-15-11(17)6-13/h2-5,7H,6H2,1H3,(H,14,16)(H,15,17). The van der Waals surface area contributed by atoms with Gasteiger partial charge < -0.3 is 0 Å². The summed E-state index contributed by atoms with van der Waals surface area (Å²) in [6.45, 7) is 2.04. The molecule has 94 valence electrons. The molecule has 1 heterocycles. The summed E-state index contributed by atoms with van der Waals surface area (Å²) in [4.78, 5) is 15.3. The lowest BCUT2D eigenvalue weighted by molar-refractivity contribution is -0.118. The number of nitrogens with one attached hydrogen (secondary N) is 2. The summed E-state index contributed by atoms with van der Waals surface area (Å²) in [5, 5.41) is 2.56. The van der Waals surface area contributed by atoms with Gasteiger partial charge in [0.2, 0.25) is 5.13 Å². The van der Waals surface area contributed by atoms with Crippen LogP contribution in [0.5, 0.6) is 0 Å². The summed E-state index contributed by atoms with van der Waals surface area (Å²) >= 11 is 6.79. The first-order chi connectivity index (χ1) is 8.69. The zero-order chi connectivity index (χ0) is 13.0. The quantitative estimate of drug-likeness (QED) is 0.669. The molecule has 0 unspecified atom stereocenters. The maximum Gasteiger partial charge on any atom is 0.253 e. The van der Waals surface area contributed by atoms with Crippen molar-refractivity contribution in [3.05, 3.63) is 35.2 Å². The molecule has 4 nitrogen and oxygen atoms in total. The number of alkyl halides is 1. The summed E-state index contributed by atoms with van der Waals surface area (Å²) in [5.41, 5.74) is 8.31. The van der Waals surface area contributed by atoms with Gasteiger partial charge >= 0.3 is 0 Å². The fourth-order valence-corrected chi connectivity index (χ4v) is 2.08. The number of amides is 1. The van der Waals surface area contributed by atoms with E-state index in [1.165, 1.54) is 16.9 Å². The van der Waals surface area contributed by atoms with E-state index >= 15 is 0 Å². The van der Waals surface area contributed by atoms with Crippen LogP contribution in [0.15, 0.2) is 29.6 Å². The molecule has 2 aromatic rings.